The molecule has 3 N–H and O–H groups in total. The Bertz CT molecular complexity index is 685. The Kier molecular flexibility index (Phi) is 10.7. The number of amides is 1. The van der Waals surface area contributed by atoms with E-state index in [1.165, 1.54) is 0 Å². The van der Waals surface area contributed by atoms with E-state index >= 15 is 0 Å². The summed E-state index contributed by atoms with van der Waals surface area (Å²) in [6.45, 7) is 4.89. The molecule has 0 aliphatic carbocycles. The number of hydrogen-bond donors (Lipinski definition) is 3. The number of carbonyl (C=O) groups is 1. The summed E-state index contributed by atoms with van der Waals surface area (Å²) in [6.07, 6.45) is -4.91. The van der Waals surface area contributed by atoms with Crippen molar-refractivity contribution < 1.29 is 31.1 Å². The molecule has 12 heteroatoms. The minimum atomic E-state index is -4.85. The van der Waals surface area contributed by atoms with Gasteiger partial charge >= 0.3 is 6.36 Å². The molecule has 27 heavy (non-hydrogen) atoms. The van der Waals surface area contributed by atoms with Crippen molar-refractivity contribution in [2.24, 2.45) is 0 Å². The minimum absolute atomic E-state index is 0. The zero-order valence-electron chi connectivity index (χ0n) is 14.8. The molecule has 0 radical (unpaired) electrons. The quantitative estimate of drug-likeness (QED) is 0.522. The Morgan fingerprint density at radius 3 is 2.33 bits per heavy atom. The van der Waals surface area contributed by atoms with Gasteiger partial charge in [0.2, 0.25) is 15.9 Å². The maximum absolute atomic E-state index is 12.1. The number of alkyl halides is 3. The highest BCUT2D eigenvalue weighted by atomic mass is 35.5. The van der Waals surface area contributed by atoms with Gasteiger partial charge in [0.15, 0.2) is 0 Å². The number of sulfonamides is 1. The summed E-state index contributed by atoms with van der Waals surface area (Å²) in [5, 5.41) is 5.78. The third-order valence-corrected chi connectivity index (χ3v) is 4.65. The van der Waals surface area contributed by atoms with Crippen LogP contribution in [0.4, 0.5) is 13.2 Å². The number of nitrogens with one attached hydrogen (secondary N) is 3. The maximum atomic E-state index is 12.1. The predicted molar refractivity (Wildman–Crippen MR) is 96.3 cm³/mol. The van der Waals surface area contributed by atoms with Crippen LogP contribution in [0.25, 0.3) is 0 Å². The standard InChI is InChI=1S/C15H22F3N3O4S.ClH/c1-3-19-11(2)10-20-14(22)8-9-21-26(23,24)13-6-4-12(5-7-13)25-15(16,17)18;/h4-7,11,19,21H,3,8-10H2,1-2H3,(H,20,22);1H/t11-;/m1./s1. The van der Waals surface area contributed by atoms with E-state index < -0.39 is 22.1 Å². The number of halogens is 4. The first kappa shape index (κ1) is 25.4. The highest BCUT2D eigenvalue weighted by Gasteiger charge is 2.31. The van der Waals surface area contributed by atoms with Gasteiger partial charge in [0.25, 0.3) is 0 Å². The van der Waals surface area contributed by atoms with Crippen molar-refractivity contribution in [3.05, 3.63) is 24.3 Å². The zero-order chi connectivity index (χ0) is 19.8. The highest BCUT2D eigenvalue weighted by molar-refractivity contribution is 7.89. The molecule has 156 valence electrons. The first-order valence-electron chi connectivity index (χ1n) is 7.89. The molecule has 1 aromatic rings. The lowest BCUT2D eigenvalue weighted by Crippen LogP contribution is -2.39. The van der Waals surface area contributed by atoms with Crippen LogP contribution in [-0.4, -0.2) is 46.4 Å². The van der Waals surface area contributed by atoms with E-state index in [2.05, 4.69) is 20.1 Å². The lowest BCUT2D eigenvalue weighted by atomic mass is 10.3. The summed E-state index contributed by atoms with van der Waals surface area (Å²) in [6, 6.07) is 3.87. The van der Waals surface area contributed by atoms with Crippen molar-refractivity contribution in [2.75, 3.05) is 19.6 Å². The Morgan fingerprint density at radius 1 is 1.22 bits per heavy atom. The average molecular weight is 434 g/mol. The Morgan fingerprint density at radius 2 is 1.81 bits per heavy atom. The maximum Gasteiger partial charge on any atom is 0.573 e. The van der Waals surface area contributed by atoms with Crippen molar-refractivity contribution in [1.82, 2.24) is 15.4 Å². The molecule has 1 amide bonds. The van der Waals surface area contributed by atoms with Gasteiger partial charge in [-0.15, -0.1) is 25.6 Å². The number of hydrogen-bond acceptors (Lipinski definition) is 5. The monoisotopic (exact) mass is 433 g/mol. The molecule has 0 aromatic heterocycles. The second-order valence-electron chi connectivity index (χ2n) is 5.43. The SMILES string of the molecule is CCN[C@H](C)CNC(=O)CCNS(=O)(=O)c1ccc(OC(F)(F)F)cc1.Cl. The summed E-state index contributed by atoms with van der Waals surface area (Å²) >= 11 is 0. The van der Waals surface area contributed by atoms with Crippen LogP contribution in [0.3, 0.4) is 0 Å². The average Bonchev–Trinajstić information content (AvgIpc) is 2.52. The van der Waals surface area contributed by atoms with Crippen LogP contribution in [0.1, 0.15) is 20.3 Å². The summed E-state index contributed by atoms with van der Waals surface area (Å²) in [5.74, 6) is -0.836. The number of benzene rings is 1. The molecule has 0 heterocycles. The normalized spacial score (nSPS) is 12.8. The van der Waals surface area contributed by atoms with Gasteiger partial charge in [0.05, 0.1) is 4.90 Å². The smallest absolute Gasteiger partial charge is 0.406 e. The van der Waals surface area contributed by atoms with E-state index in [9.17, 15) is 26.4 Å². The van der Waals surface area contributed by atoms with Crippen LogP contribution in [0.5, 0.6) is 5.75 Å². The molecule has 1 rings (SSSR count). The van der Waals surface area contributed by atoms with Gasteiger partial charge in [-0.05, 0) is 37.7 Å². The topological polar surface area (TPSA) is 96.5 Å². The fraction of sp³-hybridized carbons (Fsp3) is 0.533. The van der Waals surface area contributed by atoms with Crippen molar-refractivity contribution in [2.45, 2.75) is 37.6 Å². The zero-order valence-corrected chi connectivity index (χ0v) is 16.4. The van der Waals surface area contributed by atoms with Crippen molar-refractivity contribution >= 4 is 28.3 Å². The molecule has 0 spiro atoms. The molecule has 7 nitrogen and oxygen atoms in total. The first-order chi connectivity index (χ1) is 12.0. The predicted octanol–water partition coefficient (Wildman–Crippen LogP) is 1.79. The first-order valence-corrected chi connectivity index (χ1v) is 9.37. The molecule has 0 aliphatic rings. The largest absolute Gasteiger partial charge is 0.573 e. The number of likely N-dealkylation sites (N-methyl/N-ethyl adjacent to an activating group) is 1. The van der Waals surface area contributed by atoms with Crippen LogP contribution in [0.15, 0.2) is 29.2 Å². The van der Waals surface area contributed by atoms with Gasteiger partial charge in [0, 0.05) is 25.6 Å². The molecular formula is C15H23ClF3N3O4S. The summed E-state index contributed by atoms with van der Waals surface area (Å²) < 4.78 is 66.2. The third-order valence-electron chi connectivity index (χ3n) is 3.17. The van der Waals surface area contributed by atoms with E-state index in [4.69, 9.17) is 0 Å². The van der Waals surface area contributed by atoms with Gasteiger partial charge in [-0.1, -0.05) is 6.92 Å². The van der Waals surface area contributed by atoms with Crippen LogP contribution < -0.4 is 20.1 Å². The molecule has 1 atom stereocenters. The fourth-order valence-electron chi connectivity index (χ4n) is 1.98. The molecular weight excluding hydrogens is 411 g/mol. The van der Waals surface area contributed by atoms with Crippen LogP contribution in [0.2, 0.25) is 0 Å². The van der Waals surface area contributed by atoms with Gasteiger partial charge < -0.3 is 15.4 Å². The Labute approximate surface area is 162 Å². The lowest BCUT2D eigenvalue weighted by Gasteiger charge is -2.13. The number of ether oxygens (including phenoxy) is 1. The van der Waals surface area contributed by atoms with E-state index in [-0.39, 0.29) is 42.2 Å². The Balaban J connectivity index is 0.00000676. The van der Waals surface area contributed by atoms with E-state index in [0.29, 0.717) is 6.54 Å². The third kappa shape index (κ3) is 10.4. The van der Waals surface area contributed by atoms with Gasteiger partial charge in [-0.3, -0.25) is 4.79 Å². The highest BCUT2D eigenvalue weighted by Crippen LogP contribution is 2.23. The van der Waals surface area contributed by atoms with E-state index in [1.807, 2.05) is 13.8 Å². The number of carbonyl (C=O) groups excluding carboxylic acids is 1. The van der Waals surface area contributed by atoms with Crippen molar-refractivity contribution in [3.63, 3.8) is 0 Å². The van der Waals surface area contributed by atoms with Crippen LogP contribution in [0, 0.1) is 0 Å². The van der Waals surface area contributed by atoms with Gasteiger partial charge in [-0.2, -0.15) is 0 Å². The summed E-state index contributed by atoms with van der Waals surface area (Å²) in [4.78, 5) is 11.4. The Hall–Kier alpha value is -1.56. The summed E-state index contributed by atoms with van der Waals surface area (Å²) in [5.41, 5.74) is 0. The second kappa shape index (κ2) is 11.3. The molecule has 0 fully saturated rings. The van der Waals surface area contributed by atoms with E-state index in [0.717, 1.165) is 30.8 Å². The minimum Gasteiger partial charge on any atom is -0.406 e. The van der Waals surface area contributed by atoms with Crippen LogP contribution >= 0.6 is 12.4 Å². The van der Waals surface area contributed by atoms with Crippen LogP contribution in [-0.2, 0) is 14.8 Å². The van der Waals surface area contributed by atoms with Crippen molar-refractivity contribution in [1.29, 1.82) is 0 Å². The molecule has 0 saturated carbocycles. The molecule has 1 aromatic carbocycles. The molecule has 0 aliphatic heterocycles. The molecule has 0 unspecified atom stereocenters. The van der Waals surface area contributed by atoms with E-state index in [1.54, 1.807) is 0 Å². The number of rotatable bonds is 10. The fourth-order valence-corrected chi connectivity index (χ4v) is 3.01. The van der Waals surface area contributed by atoms with Gasteiger partial charge in [-0.25, -0.2) is 13.1 Å². The summed E-state index contributed by atoms with van der Waals surface area (Å²) in [7, 11) is -3.94. The van der Waals surface area contributed by atoms with Crippen molar-refractivity contribution in [3.8, 4) is 5.75 Å². The lowest BCUT2D eigenvalue weighted by molar-refractivity contribution is -0.274. The second-order valence-corrected chi connectivity index (χ2v) is 7.20. The molecule has 0 saturated heterocycles. The molecule has 0 bridgehead atoms. The van der Waals surface area contributed by atoms with Gasteiger partial charge in [0.1, 0.15) is 5.75 Å².